The molecule has 10 heteroatoms. The van der Waals surface area contributed by atoms with E-state index in [4.69, 9.17) is 0 Å². The van der Waals surface area contributed by atoms with E-state index < -0.39 is 16.0 Å². The third-order valence-corrected chi connectivity index (χ3v) is 5.71. The van der Waals surface area contributed by atoms with Crippen molar-refractivity contribution in [1.29, 1.82) is 0 Å². The first-order valence-corrected chi connectivity index (χ1v) is 8.37. The average Bonchev–Trinajstić information content (AvgIpc) is 2.98. The minimum atomic E-state index is -3.64. The topological polar surface area (TPSA) is 90.3 Å². The molecule has 0 saturated carbocycles. The molecule has 0 saturated heterocycles. The smallest absolute Gasteiger partial charge is 0.327 e. The van der Waals surface area contributed by atoms with Crippen LogP contribution in [0.2, 0.25) is 0 Å². The van der Waals surface area contributed by atoms with Crippen LogP contribution in [0.3, 0.4) is 0 Å². The van der Waals surface area contributed by atoms with Gasteiger partial charge in [-0.3, -0.25) is 14.2 Å². The monoisotopic (exact) mass is 379 g/mol. The summed E-state index contributed by atoms with van der Waals surface area (Å²) in [6, 6.07) is 3.15. The zero-order valence-electron chi connectivity index (χ0n) is 10.2. The minimum absolute atomic E-state index is 0.0806. The zero-order chi connectivity index (χ0) is 14.8. The first-order valence-electron chi connectivity index (χ1n) is 5.28. The molecular weight excluding hydrogens is 370 g/mol. The van der Waals surface area contributed by atoms with Gasteiger partial charge in [-0.05, 0) is 28.1 Å². The molecular formula is C10H10BrN3O4S2. The number of anilines is 1. The van der Waals surface area contributed by atoms with Crippen molar-refractivity contribution in [2.75, 3.05) is 11.8 Å². The lowest BCUT2D eigenvalue weighted by atomic mass is 10.6. The first kappa shape index (κ1) is 15.0. The molecule has 0 bridgehead atoms. The van der Waals surface area contributed by atoms with E-state index in [2.05, 4.69) is 30.5 Å². The average molecular weight is 380 g/mol. The number of halogens is 1. The number of esters is 1. The number of thiophene rings is 1. The van der Waals surface area contributed by atoms with E-state index in [1.807, 2.05) is 0 Å². The molecule has 0 radical (unpaired) electrons. The molecule has 1 N–H and O–H groups in total. The molecule has 2 aromatic heterocycles. The van der Waals surface area contributed by atoms with E-state index in [-0.39, 0.29) is 16.4 Å². The van der Waals surface area contributed by atoms with Gasteiger partial charge >= 0.3 is 5.97 Å². The largest absolute Gasteiger partial charge is 0.468 e. The van der Waals surface area contributed by atoms with Crippen molar-refractivity contribution in [2.45, 2.75) is 10.8 Å². The lowest BCUT2D eigenvalue weighted by Gasteiger charge is -2.02. The van der Waals surface area contributed by atoms with Gasteiger partial charge in [0.2, 0.25) is 0 Å². The number of aromatic nitrogens is 2. The Labute approximate surface area is 127 Å². The fraction of sp³-hybridized carbons (Fsp3) is 0.200. The SMILES string of the molecule is COC(=O)Cn1cc(NS(=O)(=O)c2ccc(Br)s2)cn1. The summed E-state index contributed by atoms with van der Waals surface area (Å²) in [6.07, 6.45) is 2.74. The second kappa shape index (κ2) is 5.94. The van der Waals surface area contributed by atoms with E-state index in [0.717, 1.165) is 15.1 Å². The number of carbonyl (C=O) groups is 1. The van der Waals surface area contributed by atoms with Crippen LogP contribution in [0.25, 0.3) is 0 Å². The van der Waals surface area contributed by atoms with E-state index in [9.17, 15) is 13.2 Å². The molecule has 0 aliphatic carbocycles. The second-order valence-corrected chi connectivity index (χ2v) is 8.04. The lowest BCUT2D eigenvalue weighted by Crippen LogP contribution is -2.12. The molecule has 0 aromatic carbocycles. The van der Waals surface area contributed by atoms with Gasteiger partial charge in [-0.2, -0.15) is 5.10 Å². The summed E-state index contributed by atoms with van der Waals surface area (Å²) in [4.78, 5) is 11.1. The van der Waals surface area contributed by atoms with Crippen LogP contribution in [0.15, 0.2) is 32.5 Å². The maximum absolute atomic E-state index is 12.1. The van der Waals surface area contributed by atoms with Crippen LogP contribution in [-0.4, -0.2) is 31.3 Å². The summed E-state index contributed by atoms with van der Waals surface area (Å²) < 4.78 is 33.2. The number of carbonyl (C=O) groups excluding carboxylic acids is 1. The summed E-state index contributed by atoms with van der Waals surface area (Å²) in [7, 11) is -2.38. The quantitative estimate of drug-likeness (QED) is 0.798. The van der Waals surface area contributed by atoms with Gasteiger partial charge < -0.3 is 4.74 Å². The Balaban J connectivity index is 2.12. The van der Waals surface area contributed by atoms with Crippen molar-refractivity contribution in [3.05, 3.63) is 28.3 Å². The third kappa shape index (κ3) is 3.58. The standard InChI is InChI=1S/C10H10BrN3O4S2/c1-18-9(15)6-14-5-7(4-12-14)13-20(16,17)10-3-2-8(11)19-10/h2-5,13H,6H2,1H3. The van der Waals surface area contributed by atoms with Crippen molar-refractivity contribution >= 4 is 48.9 Å². The number of rotatable bonds is 5. The minimum Gasteiger partial charge on any atom is -0.468 e. The predicted octanol–water partition coefficient (Wildman–Crippen LogP) is 1.68. The molecule has 0 fully saturated rings. The van der Waals surface area contributed by atoms with Crippen LogP contribution in [0.4, 0.5) is 5.69 Å². The van der Waals surface area contributed by atoms with Crippen LogP contribution < -0.4 is 4.72 Å². The highest BCUT2D eigenvalue weighted by Crippen LogP contribution is 2.27. The van der Waals surface area contributed by atoms with Gasteiger partial charge in [0.1, 0.15) is 10.8 Å². The molecule has 0 aliphatic heterocycles. The molecule has 0 aliphatic rings. The van der Waals surface area contributed by atoms with Gasteiger partial charge in [0.15, 0.2) is 0 Å². The predicted molar refractivity (Wildman–Crippen MR) is 77.1 cm³/mol. The molecule has 0 atom stereocenters. The molecule has 2 heterocycles. The van der Waals surface area contributed by atoms with Crippen molar-refractivity contribution in [2.24, 2.45) is 0 Å². The molecule has 0 spiro atoms. The number of hydrogen-bond donors (Lipinski definition) is 1. The molecule has 108 valence electrons. The summed E-state index contributed by atoms with van der Waals surface area (Å²) in [5.74, 6) is -0.468. The molecule has 7 nitrogen and oxygen atoms in total. The van der Waals surface area contributed by atoms with Crippen molar-refractivity contribution in [3.8, 4) is 0 Å². The Morgan fingerprint density at radius 1 is 1.55 bits per heavy atom. The number of sulfonamides is 1. The van der Waals surface area contributed by atoms with Gasteiger partial charge in [-0.25, -0.2) is 8.42 Å². The van der Waals surface area contributed by atoms with Gasteiger partial charge in [-0.1, -0.05) is 0 Å². The van der Waals surface area contributed by atoms with Gasteiger partial charge in [0, 0.05) is 6.20 Å². The van der Waals surface area contributed by atoms with Crippen molar-refractivity contribution < 1.29 is 17.9 Å². The van der Waals surface area contributed by atoms with Crippen LogP contribution in [0.5, 0.6) is 0 Å². The van der Waals surface area contributed by atoms with Gasteiger partial charge in [0.25, 0.3) is 10.0 Å². The van der Waals surface area contributed by atoms with E-state index >= 15 is 0 Å². The number of methoxy groups -OCH3 is 1. The Hall–Kier alpha value is -1.39. The maximum Gasteiger partial charge on any atom is 0.327 e. The van der Waals surface area contributed by atoms with Gasteiger partial charge in [0.05, 0.1) is 22.8 Å². The lowest BCUT2D eigenvalue weighted by molar-refractivity contribution is -0.141. The fourth-order valence-electron chi connectivity index (χ4n) is 1.35. The van der Waals surface area contributed by atoms with E-state index in [1.165, 1.54) is 30.3 Å². The molecule has 0 amide bonds. The molecule has 2 rings (SSSR count). The van der Waals surface area contributed by atoms with Gasteiger partial charge in [-0.15, -0.1) is 11.3 Å². The number of hydrogen-bond acceptors (Lipinski definition) is 6. The Bertz CT molecular complexity index is 722. The second-order valence-electron chi connectivity index (χ2n) is 3.67. The molecule has 20 heavy (non-hydrogen) atoms. The van der Waals surface area contributed by atoms with Crippen LogP contribution in [-0.2, 0) is 26.1 Å². The number of nitrogens with zero attached hydrogens (tertiary/aromatic N) is 2. The highest BCUT2D eigenvalue weighted by atomic mass is 79.9. The maximum atomic E-state index is 12.1. The molecule has 0 unspecified atom stereocenters. The Morgan fingerprint density at radius 3 is 2.90 bits per heavy atom. The van der Waals surface area contributed by atoms with Crippen LogP contribution in [0.1, 0.15) is 0 Å². The van der Waals surface area contributed by atoms with E-state index in [0.29, 0.717) is 0 Å². The van der Waals surface area contributed by atoms with Crippen LogP contribution in [0, 0.1) is 0 Å². The summed E-state index contributed by atoms with van der Waals surface area (Å²) in [5.41, 5.74) is 0.276. The number of ether oxygens (including phenoxy) is 1. The first-order chi connectivity index (χ1) is 9.40. The highest BCUT2D eigenvalue weighted by Gasteiger charge is 2.17. The normalized spacial score (nSPS) is 11.3. The summed E-state index contributed by atoms with van der Waals surface area (Å²) >= 11 is 4.31. The highest BCUT2D eigenvalue weighted by molar-refractivity contribution is 9.11. The zero-order valence-corrected chi connectivity index (χ0v) is 13.5. The van der Waals surface area contributed by atoms with Crippen molar-refractivity contribution in [1.82, 2.24) is 9.78 Å². The number of nitrogens with one attached hydrogen (secondary N) is 1. The Kier molecular flexibility index (Phi) is 4.45. The van der Waals surface area contributed by atoms with E-state index in [1.54, 1.807) is 6.07 Å². The summed E-state index contributed by atoms with van der Waals surface area (Å²) in [5, 5.41) is 3.87. The third-order valence-electron chi connectivity index (χ3n) is 2.22. The van der Waals surface area contributed by atoms with Crippen molar-refractivity contribution in [3.63, 3.8) is 0 Å². The molecule has 2 aromatic rings. The Morgan fingerprint density at radius 2 is 2.30 bits per heavy atom. The summed E-state index contributed by atoms with van der Waals surface area (Å²) in [6.45, 7) is -0.0806. The fourth-order valence-corrected chi connectivity index (χ4v) is 4.38. The van der Waals surface area contributed by atoms with Crippen LogP contribution >= 0.6 is 27.3 Å².